The molecule has 0 radical (unpaired) electrons. The zero-order valence-corrected chi connectivity index (χ0v) is 22.0. The molecule has 1 N–H and O–H groups in total. The molecule has 1 amide bonds. The molecule has 11 heteroatoms. The number of likely N-dealkylation sites (tertiary alicyclic amines) is 1. The fourth-order valence-corrected chi connectivity index (χ4v) is 4.96. The van der Waals surface area contributed by atoms with Crippen LogP contribution in [0.15, 0.2) is 47.8 Å². The first-order chi connectivity index (χ1) is 18.4. The lowest BCUT2D eigenvalue weighted by Crippen LogP contribution is -2.36. The minimum atomic E-state index is -0.415. The number of amides is 1. The Morgan fingerprint density at radius 3 is 2.87 bits per heavy atom. The molecule has 0 spiro atoms. The van der Waals surface area contributed by atoms with Crippen LogP contribution in [0.1, 0.15) is 59.8 Å². The number of ether oxygens (including phenoxy) is 1. The van der Waals surface area contributed by atoms with Crippen molar-refractivity contribution in [3.8, 4) is 5.75 Å². The Kier molecular flexibility index (Phi) is 8.80. The van der Waals surface area contributed by atoms with Crippen LogP contribution in [-0.2, 0) is 11.3 Å². The van der Waals surface area contributed by atoms with E-state index in [9.17, 15) is 14.9 Å². The molecule has 200 valence electrons. The van der Waals surface area contributed by atoms with Crippen molar-refractivity contribution < 1.29 is 14.5 Å². The molecule has 38 heavy (non-hydrogen) atoms. The monoisotopic (exact) mass is 519 g/mol. The van der Waals surface area contributed by atoms with Gasteiger partial charge in [-0.05, 0) is 68.6 Å². The van der Waals surface area contributed by atoms with Gasteiger partial charge in [-0.15, -0.1) is 0 Å². The van der Waals surface area contributed by atoms with Gasteiger partial charge in [0.25, 0.3) is 0 Å². The summed E-state index contributed by atoms with van der Waals surface area (Å²) < 4.78 is 7.06. The first kappa shape index (κ1) is 26.9. The number of benzene rings is 1. The molecule has 3 aromatic rings. The SMILES string of the molecule is COc1ccc(/C=N\NC(=O)CCN2CCCC[C@H]2c2cccnc2)cc1Cn1nc(C)c([N+](=O)[O-])c1C. The smallest absolute Gasteiger partial charge is 0.312 e. The number of hydrogen-bond donors (Lipinski definition) is 1. The second-order valence-electron chi connectivity index (χ2n) is 9.38. The van der Waals surface area contributed by atoms with Crippen LogP contribution in [0.3, 0.4) is 0 Å². The van der Waals surface area contributed by atoms with E-state index in [1.165, 1.54) is 12.0 Å². The summed E-state index contributed by atoms with van der Waals surface area (Å²) in [4.78, 5) is 30.0. The number of aryl methyl sites for hydroxylation is 1. The summed E-state index contributed by atoms with van der Waals surface area (Å²) >= 11 is 0. The minimum absolute atomic E-state index is 0.0145. The summed E-state index contributed by atoms with van der Waals surface area (Å²) in [5, 5.41) is 19.8. The van der Waals surface area contributed by atoms with Gasteiger partial charge in [0.1, 0.15) is 17.1 Å². The summed E-state index contributed by atoms with van der Waals surface area (Å²) in [6, 6.07) is 9.83. The molecule has 1 saturated heterocycles. The van der Waals surface area contributed by atoms with Crippen LogP contribution >= 0.6 is 0 Å². The molecule has 1 aliphatic rings. The Morgan fingerprint density at radius 1 is 1.32 bits per heavy atom. The Morgan fingerprint density at radius 2 is 2.16 bits per heavy atom. The van der Waals surface area contributed by atoms with E-state index in [1.807, 2.05) is 24.4 Å². The predicted octanol–water partition coefficient (Wildman–Crippen LogP) is 3.93. The molecule has 0 unspecified atom stereocenters. The molecule has 2 aromatic heterocycles. The van der Waals surface area contributed by atoms with Gasteiger partial charge in [0.05, 0.1) is 24.8 Å². The Labute approximate surface area is 221 Å². The van der Waals surface area contributed by atoms with Crippen molar-refractivity contribution in [2.45, 2.75) is 52.1 Å². The normalized spacial score (nSPS) is 16.0. The minimum Gasteiger partial charge on any atom is -0.496 e. The van der Waals surface area contributed by atoms with Gasteiger partial charge in [0.2, 0.25) is 5.91 Å². The molecule has 4 rings (SSSR count). The van der Waals surface area contributed by atoms with Gasteiger partial charge in [0.15, 0.2) is 0 Å². The van der Waals surface area contributed by atoms with E-state index in [0.29, 0.717) is 36.6 Å². The van der Waals surface area contributed by atoms with Crippen LogP contribution in [0.2, 0.25) is 0 Å². The lowest BCUT2D eigenvalue weighted by atomic mass is 9.96. The third-order valence-corrected chi connectivity index (χ3v) is 6.86. The van der Waals surface area contributed by atoms with Gasteiger partial charge < -0.3 is 4.74 Å². The van der Waals surface area contributed by atoms with E-state index in [1.54, 1.807) is 44.1 Å². The number of hydrazone groups is 1. The van der Waals surface area contributed by atoms with Crippen LogP contribution in [0.5, 0.6) is 5.75 Å². The maximum atomic E-state index is 12.5. The number of pyridine rings is 1. The summed E-state index contributed by atoms with van der Waals surface area (Å²) in [6.45, 7) is 5.21. The molecular weight excluding hydrogens is 486 g/mol. The molecule has 0 aliphatic carbocycles. The highest BCUT2D eigenvalue weighted by molar-refractivity contribution is 5.83. The van der Waals surface area contributed by atoms with E-state index in [2.05, 4.69) is 31.6 Å². The molecule has 1 atom stereocenters. The van der Waals surface area contributed by atoms with Gasteiger partial charge >= 0.3 is 5.69 Å². The topological polar surface area (TPSA) is 128 Å². The number of nitro groups is 1. The second-order valence-corrected chi connectivity index (χ2v) is 9.38. The Balaban J connectivity index is 1.36. The quantitative estimate of drug-likeness (QED) is 0.244. The van der Waals surface area contributed by atoms with Gasteiger partial charge in [-0.2, -0.15) is 10.2 Å². The van der Waals surface area contributed by atoms with Gasteiger partial charge in [-0.1, -0.05) is 12.5 Å². The van der Waals surface area contributed by atoms with Crippen molar-refractivity contribution in [1.29, 1.82) is 0 Å². The maximum absolute atomic E-state index is 12.5. The van der Waals surface area contributed by atoms with Gasteiger partial charge in [0, 0.05) is 37.0 Å². The number of hydrogen-bond acceptors (Lipinski definition) is 8. The molecule has 11 nitrogen and oxygen atoms in total. The third-order valence-electron chi connectivity index (χ3n) is 6.86. The third kappa shape index (κ3) is 6.41. The van der Waals surface area contributed by atoms with E-state index in [0.717, 1.165) is 30.5 Å². The summed E-state index contributed by atoms with van der Waals surface area (Å²) in [5.74, 6) is 0.478. The van der Waals surface area contributed by atoms with E-state index in [-0.39, 0.29) is 17.6 Å². The zero-order chi connectivity index (χ0) is 27.1. The zero-order valence-electron chi connectivity index (χ0n) is 22.0. The number of carbonyl (C=O) groups excluding carboxylic acids is 1. The lowest BCUT2D eigenvalue weighted by molar-refractivity contribution is -0.386. The Bertz CT molecular complexity index is 1310. The Hall–Kier alpha value is -4.12. The fourth-order valence-electron chi connectivity index (χ4n) is 4.96. The summed E-state index contributed by atoms with van der Waals surface area (Å²) in [7, 11) is 1.57. The fraction of sp³-hybridized carbons (Fsp3) is 0.407. The standard InChI is InChI=1S/C27H33N7O4/c1-19-27(34(36)37)20(2)33(31-19)18-23-15-21(9-10-25(23)38-3)16-29-30-26(35)11-14-32-13-5-4-8-24(32)22-7-6-12-28-17-22/h6-7,9-10,12,15-17,24H,4-5,8,11,13-14,18H2,1-3H3,(H,30,35)/b29-16-/t24-/m0/s1. The highest BCUT2D eigenvalue weighted by atomic mass is 16.6. The largest absolute Gasteiger partial charge is 0.496 e. The lowest BCUT2D eigenvalue weighted by Gasteiger charge is -2.35. The van der Waals surface area contributed by atoms with Crippen LogP contribution < -0.4 is 10.2 Å². The van der Waals surface area contributed by atoms with E-state index in [4.69, 9.17) is 4.74 Å². The van der Waals surface area contributed by atoms with Crippen LogP contribution in [0.4, 0.5) is 5.69 Å². The van der Waals surface area contributed by atoms with Crippen LogP contribution in [0, 0.1) is 24.0 Å². The average Bonchev–Trinajstić information content (AvgIpc) is 3.20. The van der Waals surface area contributed by atoms with Crippen molar-refractivity contribution in [2.75, 3.05) is 20.2 Å². The molecular formula is C27H33N7O4. The molecule has 0 bridgehead atoms. The number of piperidine rings is 1. The number of rotatable bonds is 10. The molecule has 1 aromatic carbocycles. The van der Waals surface area contributed by atoms with Gasteiger partial charge in [-0.3, -0.25) is 29.5 Å². The van der Waals surface area contributed by atoms with Crippen molar-refractivity contribution in [3.63, 3.8) is 0 Å². The number of aromatic nitrogens is 3. The predicted molar refractivity (Wildman–Crippen MR) is 143 cm³/mol. The first-order valence-corrected chi connectivity index (χ1v) is 12.7. The highest BCUT2D eigenvalue weighted by Crippen LogP contribution is 2.30. The summed E-state index contributed by atoms with van der Waals surface area (Å²) in [6.07, 6.45) is 8.97. The molecule has 0 saturated carbocycles. The van der Waals surface area contributed by atoms with E-state index >= 15 is 0 Å². The van der Waals surface area contributed by atoms with Gasteiger partial charge in [-0.25, -0.2) is 5.43 Å². The number of nitrogens with zero attached hydrogens (tertiary/aromatic N) is 6. The number of methoxy groups -OCH3 is 1. The maximum Gasteiger partial charge on any atom is 0.312 e. The first-order valence-electron chi connectivity index (χ1n) is 12.7. The van der Waals surface area contributed by atoms with E-state index < -0.39 is 4.92 Å². The average molecular weight is 520 g/mol. The number of carbonyl (C=O) groups is 1. The number of nitrogens with one attached hydrogen (secondary N) is 1. The van der Waals surface area contributed by atoms with Crippen LogP contribution in [0.25, 0.3) is 0 Å². The van der Waals surface area contributed by atoms with Crippen LogP contribution in [-0.4, -0.2) is 56.9 Å². The molecule has 3 heterocycles. The van der Waals surface area contributed by atoms with Crippen molar-refractivity contribution in [1.82, 2.24) is 25.1 Å². The highest BCUT2D eigenvalue weighted by Gasteiger charge is 2.24. The molecule has 1 aliphatic heterocycles. The van der Waals surface area contributed by atoms with Crippen molar-refractivity contribution >= 4 is 17.8 Å². The second kappa shape index (κ2) is 12.4. The van der Waals surface area contributed by atoms with Crippen molar-refractivity contribution in [2.24, 2.45) is 5.10 Å². The molecule has 1 fully saturated rings. The van der Waals surface area contributed by atoms with Crippen molar-refractivity contribution in [3.05, 3.63) is 80.9 Å². The summed E-state index contributed by atoms with van der Waals surface area (Å²) in [5.41, 5.74) is 6.21.